The third-order valence-electron chi connectivity index (χ3n) is 4.98. The van der Waals surface area contributed by atoms with Crippen LogP contribution in [-0.2, 0) is 25.5 Å². The lowest BCUT2D eigenvalue weighted by Crippen LogP contribution is -2.15. The maximum atomic E-state index is 14.9. The molecule has 0 bridgehead atoms. The Bertz CT molecular complexity index is 1220. The van der Waals surface area contributed by atoms with Crippen LogP contribution in [-0.4, -0.2) is 31.3 Å². The largest absolute Gasteiger partial charge is 0.469 e. The van der Waals surface area contributed by atoms with Crippen LogP contribution in [0.5, 0.6) is 0 Å². The molecule has 0 saturated heterocycles. The van der Waals surface area contributed by atoms with Crippen molar-refractivity contribution in [2.75, 3.05) is 7.11 Å². The molecule has 1 heterocycles. The number of hydrogen-bond acceptors (Lipinski definition) is 5. The van der Waals surface area contributed by atoms with Gasteiger partial charge in [-0.25, -0.2) is 22.6 Å². The van der Waals surface area contributed by atoms with E-state index in [0.717, 1.165) is 0 Å². The number of alkyl halides is 2. The molecule has 11 heteroatoms. The number of rotatable bonds is 9. The maximum absolute atomic E-state index is 14.9. The molecule has 0 spiro atoms. The van der Waals surface area contributed by atoms with Gasteiger partial charge in [-0.15, -0.1) is 0 Å². The van der Waals surface area contributed by atoms with Gasteiger partial charge < -0.3 is 4.74 Å². The third-order valence-corrected chi connectivity index (χ3v) is 5.91. The Balaban J connectivity index is 1.96. The normalized spacial score (nSPS) is 12.0. The van der Waals surface area contributed by atoms with Crippen LogP contribution in [0.3, 0.4) is 0 Å². The summed E-state index contributed by atoms with van der Waals surface area (Å²) in [6.45, 7) is 0. The van der Waals surface area contributed by atoms with Crippen LogP contribution in [0.25, 0.3) is 16.9 Å². The summed E-state index contributed by atoms with van der Waals surface area (Å²) in [6, 6.07) is 11.7. The van der Waals surface area contributed by atoms with E-state index in [2.05, 4.69) is 9.84 Å². The SMILES string of the molecule is COC(=O)CCCCC(F)(F)c1cc(-c2ccc(F)cc2)n(-c2ccc(S(N)(=O)=O)cc2)n1. The van der Waals surface area contributed by atoms with E-state index in [4.69, 9.17) is 5.14 Å². The molecule has 7 nitrogen and oxygen atoms in total. The van der Waals surface area contributed by atoms with Gasteiger partial charge >= 0.3 is 5.97 Å². The van der Waals surface area contributed by atoms with Gasteiger partial charge in [-0.3, -0.25) is 4.79 Å². The number of methoxy groups -OCH3 is 1. The fourth-order valence-corrected chi connectivity index (χ4v) is 3.72. The van der Waals surface area contributed by atoms with Crippen LogP contribution in [0.15, 0.2) is 59.5 Å². The van der Waals surface area contributed by atoms with Gasteiger partial charge in [0.05, 0.1) is 23.4 Å². The molecule has 3 rings (SSSR count). The Labute approximate surface area is 189 Å². The molecule has 0 atom stereocenters. The van der Waals surface area contributed by atoms with E-state index in [9.17, 15) is 26.4 Å². The van der Waals surface area contributed by atoms with Gasteiger partial charge in [-0.1, -0.05) is 0 Å². The topological polar surface area (TPSA) is 104 Å². The van der Waals surface area contributed by atoms with Crippen molar-refractivity contribution in [1.82, 2.24) is 9.78 Å². The quantitative estimate of drug-likeness (QED) is 0.365. The number of hydrogen-bond donors (Lipinski definition) is 1. The highest BCUT2D eigenvalue weighted by molar-refractivity contribution is 7.89. The minimum absolute atomic E-state index is 0.0399. The van der Waals surface area contributed by atoms with Gasteiger partial charge in [-0.05, 0) is 67.4 Å². The zero-order chi connectivity index (χ0) is 24.2. The molecule has 1 aromatic heterocycles. The van der Waals surface area contributed by atoms with Crippen molar-refractivity contribution < 1.29 is 31.1 Å². The Morgan fingerprint density at radius 3 is 2.30 bits per heavy atom. The number of ether oxygens (including phenoxy) is 1. The van der Waals surface area contributed by atoms with Crippen LogP contribution in [0.2, 0.25) is 0 Å². The number of carbonyl (C=O) groups is 1. The highest BCUT2D eigenvalue weighted by Crippen LogP contribution is 2.36. The molecular weight excluding hydrogens is 459 g/mol. The zero-order valence-corrected chi connectivity index (χ0v) is 18.5. The summed E-state index contributed by atoms with van der Waals surface area (Å²) in [5.41, 5.74) is 0.514. The molecule has 2 N–H and O–H groups in total. The molecule has 0 aliphatic carbocycles. The van der Waals surface area contributed by atoms with Gasteiger partial charge in [0, 0.05) is 18.4 Å². The molecule has 0 radical (unpaired) electrons. The predicted octanol–water partition coefficient (Wildman–Crippen LogP) is 4.15. The van der Waals surface area contributed by atoms with Crippen molar-refractivity contribution in [2.45, 2.75) is 36.5 Å². The number of carbonyl (C=O) groups excluding carboxylic acids is 1. The molecule has 33 heavy (non-hydrogen) atoms. The van der Waals surface area contributed by atoms with Crippen LogP contribution in [0.1, 0.15) is 31.4 Å². The summed E-state index contributed by atoms with van der Waals surface area (Å²) in [4.78, 5) is 11.0. The lowest BCUT2D eigenvalue weighted by molar-refractivity contribution is -0.140. The molecule has 2 aromatic carbocycles. The fourth-order valence-electron chi connectivity index (χ4n) is 3.21. The smallest absolute Gasteiger partial charge is 0.305 e. The van der Waals surface area contributed by atoms with E-state index in [1.807, 2.05) is 0 Å². The fraction of sp³-hybridized carbons (Fsp3) is 0.273. The number of unbranched alkanes of at least 4 members (excludes halogenated alkanes) is 1. The summed E-state index contributed by atoms with van der Waals surface area (Å²) in [7, 11) is -2.70. The third kappa shape index (κ3) is 5.99. The Hall–Kier alpha value is -3.18. The Kier molecular flexibility index (Phi) is 7.23. The zero-order valence-electron chi connectivity index (χ0n) is 17.7. The van der Waals surface area contributed by atoms with Crippen molar-refractivity contribution in [3.05, 3.63) is 66.1 Å². The number of nitrogens with zero attached hydrogens (tertiary/aromatic N) is 2. The molecule has 176 valence electrons. The first-order chi connectivity index (χ1) is 15.5. The van der Waals surface area contributed by atoms with E-state index in [0.29, 0.717) is 11.3 Å². The van der Waals surface area contributed by atoms with Gasteiger partial charge in [-0.2, -0.15) is 13.9 Å². The number of aromatic nitrogens is 2. The number of sulfonamides is 1. The van der Waals surface area contributed by atoms with Gasteiger partial charge in [0.15, 0.2) is 0 Å². The molecular formula is C22H22F3N3O4S. The lowest BCUT2D eigenvalue weighted by atomic mass is 10.1. The molecule has 0 aliphatic heterocycles. The summed E-state index contributed by atoms with van der Waals surface area (Å²) in [5.74, 6) is -4.25. The molecule has 0 aliphatic rings. The summed E-state index contributed by atoms with van der Waals surface area (Å²) in [6.07, 6.45) is -0.181. The minimum atomic E-state index is -3.93. The second-order valence-corrected chi connectivity index (χ2v) is 8.92. The summed E-state index contributed by atoms with van der Waals surface area (Å²) >= 11 is 0. The standard InChI is InChI=1S/C22H22F3N3O4S/c1-32-21(29)4-2-3-13-22(24,25)20-14-19(15-5-7-16(23)8-6-15)28(27-20)17-9-11-18(12-10-17)33(26,30)31/h5-12,14H,2-4,13H2,1H3,(H2,26,30,31). The highest BCUT2D eigenvalue weighted by atomic mass is 32.2. The van der Waals surface area contributed by atoms with Crippen LogP contribution in [0.4, 0.5) is 13.2 Å². The van der Waals surface area contributed by atoms with Gasteiger partial charge in [0.2, 0.25) is 10.0 Å². The second kappa shape index (κ2) is 9.75. The average Bonchev–Trinajstić information content (AvgIpc) is 3.23. The first kappa shape index (κ1) is 24.5. The first-order valence-corrected chi connectivity index (χ1v) is 11.5. The van der Waals surface area contributed by atoms with Gasteiger partial charge in [0.1, 0.15) is 11.5 Å². The van der Waals surface area contributed by atoms with E-state index in [1.54, 1.807) is 0 Å². The van der Waals surface area contributed by atoms with Crippen LogP contribution < -0.4 is 5.14 Å². The Morgan fingerprint density at radius 2 is 1.73 bits per heavy atom. The molecule has 0 saturated carbocycles. The number of nitrogens with two attached hydrogens (primary N) is 1. The van der Waals surface area contributed by atoms with E-state index >= 15 is 0 Å². The number of benzene rings is 2. The summed E-state index contributed by atoms with van der Waals surface area (Å²) in [5, 5.41) is 9.19. The molecule has 0 amide bonds. The number of halogens is 3. The molecule has 0 fully saturated rings. The van der Waals surface area contributed by atoms with Crippen molar-refractivity contribution in [3.8, 4) is 16.9 Å². The van der Waals surface area contributed by atoms with Gasteiger partial charge in [0.25, 0.3) is 5.92 Å². The predicted molar refractivity (Wildman–Crippen MR) is 115 cm³/mol. The minimum Gasteiger partial charge on any atom is -0.469 e. The number of esters is 1. The molecule has 3 aromatic rings. The van der Waals surface area contributed by atoms with Crippen molar-refractivity contribution in [3.63, 3.8) is 0 Å². The van der Waals surface area contributed by atoms with Crippen molar-refractivity contribution >= 4 is 16.0 Å². The average molecular weight is 481 g/mol. The van der Waals surface area contributed by atoms with Crippen molar-refractivity contribution in [2.24, 2.45) is 5.14 Å². The van der Waals surface area contributed by atoms with Crippen LogP contribution in [0, 0.1) is 5.82 Å². The summed E-state index contributed by atoms with van der Waals surface area (Å²) < 4.78 is 72.0. The van der Waals surface area contributed by atoms with E-state index in [1.165, 1.54) is 66.4 Å². The molecule has 0 unspecified atom stereocenters. The van der Waals surface area contributed by atoms with Crippen LogP contribution >= 0.6 is 0 Å². The van der Waals surface area contributed by atoms with E-state index < -0.39 is 39.8 Å². The maximum Gasteiger partial charge on any atom is 0.305 e. The monoisotopic (exact) mass is 481 g/mol. The van der Waals surface area contributed by atoms with E-state index in [-0.39, 0.29) is 29.9 Å². The second-order valence-electron chi connectivity index (χ2n) is 7.36. The van der Waals surface area contributed by atoms with Crippen molar-refractivity contribution in [1.29, 1.82) is 0 Å². The number of primary sulfonamides is 1. The highest BCUT2D eigenvalue weighted by Gasteiger charge is 2.35. The first-order valence-electron chi connectivity index (χ1n) is 9.95. The lowest BCUT2D eigenvalue weighted by Gasteiger charge is -2.13. The Morgan fingerprint density at radius 1 is 1.09 bits per heavy atom.